The second-order valence-corrected chi connectivity index (χ2v) is 10.1. The van der Waals surface area contributed by atoms with Crippen LogP contribution in [0.3, 0.4) is 0 Å². The molecule has 6 aromatic rings. The summed E-state index contributed by atoms with van der Waals surface area (Å²) in [4.78, 5) is 25.3. The first kappa shape index (κ1) is 29.4. The van der Waals surface area contributed by atoms with Crippen molar-refractivity contribution in [1.82, 2.24) is 0 Å². The van der Waals surface area contributed by atoms with Gasteiger partial charge in [-0.05, 0) is 53.6 Å². The predicted molar refractivity (Wildman–Crippen MR) is 181 cm³/mol. The smallest absolute Gasteiger partial charge is 0.195 e. The van der Waals surface area contributed by atoms with Crippen LogP contribution in [0.25, 0.3) is 22.3 Å². The minimum atomic E-state index is -0.106. The van der Waals surface area contributed by atoms with Crippen molar-refractivity contribution in [3.8, 4) is 22.3 Å². The van der Waals surface area contributed by atoms with E-state index in [0.29, 0.717) is 45.0 Å². The van der Waals surface area contributed by atoms with E-state index in [2.05, 4.69) is 0 Å². The molecule has 0 spiro atoms. The van der Waals surface area contributed by atoms with Gasteiger partial charge in [0.2, 0.25) is 0 Å². The summed E-state index contributed by atoms with van der Waals surface area (Å²) in [5.41, 5.74) is 31.6. The molecule has 6 aromatic carbocycles. The van der Waals surface area contributed by atoms with Crippen LogP contribution in [-0.2, 0) is 0 Å². The number of carbonyl (C=O) groups is 2. The Labute approximate surface area is 256 Å². The first-order chi connectivity index (χ1) is 21.3. The first-order valence-electron chi connectivity index (χ1n) is 14.0. The molecule has 0 atom stereocenters. The standard InChI is InChI=1S/C25H20N2O.C13H12N2O/c26-20-13-11-19(12-14-20)25(28)22-16-15-21(17-7-3-1-4-8-17)24(27)23(22)18-9-5-2-6-10-18;14-11-8-4-7-10(12(11)15)13(16)9-5-2-1-3-6-9/h1-16H,26-27H2;1-8H,14-15H2. The average Bonchev–Trinajstić information content (AvgIpc) is 3.07. The molecule has 0 aliphatic heterocycles. The van der Waals surface area contributed by atoms with Crippen molar-refractivity contribution < 1.29 is 9.59 Å². The van der Waals surface area contributed by atoms with Crippen molar-refractivity contribution in [2.45, 2.75) is 0 Å². The molecule has 0 radical (unpaired) electrons. The van der Waals surface area contributed by atoms with Gasteiger partial charge in [-0.2, -0.15) is 0 Å². The average molecular weight is 577 g/mol. The fourth-order valence-electron chi connectivity index (χ4n) is 4.91. The third kappa shape index (κ3) is 6.35. The van der Waals surface area contributed by atoms with Crippen molar-refractivity contribution in [2.75, 3.05) is 22.9 Å². The maximum Gasteiger partial charge on any atom is 0.195 e. The lowest BCUT2D eigenvalue weighted by atomic mass is 9.89. The number of rotatable bonds is 6. The lowest BCUT2D eigenvalue weighted by Gasteiger charge is -2.16. The molecule has 0 aromatic heterocycles. The number of hydrogen-bond acceptors (Lipinski definition) is 6. The van der Waals surface area contributed by atoms with Crippen molar-refractivity contribution in [2.24, 2.45) is 0 Å². The highest BCUT2D eigenvalue weighted by Gasteiger charge is 2.20. The van der Waals surface area contributed by atoms with E-state index in [-0.39, 0.29) is 11.6 Å². The number of carbonyl (C=O) groups excluding carboxylic acids is 2. The molecule has 44 heavy (non-hydrogen) atoms. The van der Waals surface area contributed by atoms with Crippen LogP contribution in [0.1, 0.15) is 31.8 Å². The second kappa shape index (κ2) is 13.2. The summed E-state index contributed by atoms with van der Waals surface area (Å²) in [7, 11) is 0. The van der Waals surface area contributed by atoms with E-state index in [1.807, 2.05) is 91.0 Å². The van der Waals surface area contributed by atoms with E-state index in [0.717, 1.165) is 22.3 Å². The van der Waals surface area contributed by atoms with Crippen molar-refractivity contribution in [3.63, 3.8) is 0 Å². The van der Waals surface area contributed by atoms with Crippen LogP contribution in [0.15, 0.2) is 146 Å². The fraction of sp³-hybridized carbons (Fsp3) is 0. The van der Waals surface area contributed by atoms with Gasteiger partial charge in [-0.1, -0.05) is 103 Å². The van der Waals surface area contributed by atoms with Gasteiger partial charge in [-0.25, -0.2) is 0 Å². The zero-order valence-corrected chi connectivity index (χ0v) is 24.0. The van der Waals surface area contributed by atoms with Crippen molar-refractivity contribution in [1.29, 1.82) is 0 Å². The van der Waals surface area contributed by atoms with Gasteiger partial charge in [0.05, 0.1) is 11.4 Å². The summed E-state index contributed by atoms with van der Waals surface area (Å²) in [6.07, 6.45) is 0. The maximum atomic E-state index is 13.3. The second-order valence-electron chi connectivity index (χ2n) is 10.1. The molecule has 0 fully saturated rings. The molecule has 6 nitrogen and oxygen atoms in total. The van der Waals surface area contributed by atoms with Gasteiger partial charge in [0.25, 0.3) is 0 Å². The Kier molecular flexibility index (Phi) is 8.83. The van der Waals surface area contributed by atoms with Crippen LogP contribution in [0.4, 0.5) is 22.7 Å². The van der Waals surface area contributed by atoms with E-state index in [9.17, 15) is 9.59 Å². The van der Waals surface area contributed by atoms with E-state index >= 15 is 0 Å². The number of anilines is 4. The molecule has 0 saturated heterocycles. The highest BCUT2D eigenvalue weighted by molar-refractivity contribution is 6.15. The van der Waals surface area contributed by atoms with Gasteiger partial charge in [-0.3, -0.25) is 9.59 Å². The molecule has 0 aliphatic carbocycles. The number of ketones is 2. The minimum Gasteiger partial charge on any atom is -0.399 e. The molecule has 0 saturated carbocycles. The first-order valence-corrected chi connectivity index (χ1v) is 14.0. The number of nitrogen functional groups attached to an aromatic ring is 4. The SMILES string of the molecule is Nc1ccc(C(=O)c2ccc(-c3ccccc3)c(N)c2-c2ccccc2)cc1.Nc1cccc(C(=O)c2ccccc2)c1N. The lowest BCUT2D eigenvalue weighted by Crippen LogP contribution is -2.07. The van der Waals surface area contributed by atoms with Crippen LogP contribution in [0.2, 0.25) is 0 Å². The van der Waals surface area contributed by atoms with Crippen molar-refractivity contribution >= 4 is 34.3 Å². The predicted octanol–water partition coefficient (Wildman–Crippen LogP) is 7.50. The maximum absolute atomic E-state index is 13.3. The lowest BCUT2D eigenvalue weighted by molar-refractivity contribution is 0.103. The Hall–Kier alpha value is -6.14. The van der Waals surface area contributed by atoms with Crippen molar-refractivity contribution in [3.05, 3.63) is 168 Å². The third-order valence-corrected chi connectivity index (χ3v) is 7.23. The Balaban J connectivity index is 0.000000204. The molecule has 0 bridgehead atoms. The topological polar surface area (TPSA) is 138 Å². The molecule has 0 heterocycles. The Morgan fingerprint density at radius 2 is 0.932 bits per heavy atom. The summed E-state index contributed by atoms with van der Waals surface area (Å²) < 4.78 is 0. The highest BCUT2D eigenvalue weighted by atomic mass is 16.1. The fourth-order valence-corrected chi connectivity index (χ4v) is 4.91. The van der Waals surface area contributed by atoms with Gasteiger partial charge in [0, 0.05) is 44.8 Å². The van der Waals surface area contributed by atoms with E-state index in [4.69, 9.17) is 22.9 Å². The molecule has 0 unspecified atom stereocenters. The Morgan fingerprint density at radius 1 is 0.409 bits per heavy atom. The summed E-state index contributed by atoms with van der Waals surface area (Å²) in [5, 5.41) is 0. The molecule has 8 N–H and O–H groups in total. The van der Waals surface area contributed by atoms with Gasteiger partial charge in [-0.15, -0.1) is 0 Å². The Bertz CT molecular complexity index is 1910. The quantitative estimate of drug-likeness (QED) is 0.120. The van der Waals surface area contributed by atoms with Crippen LogP contribution in [0.5, 0.6) is 0 Å². The van der Waals surface area contributed by atoms with Crippen LogP contribution in [0, 0.1) is 0 Å². The highest BCUT2D eigenvalue weighted by Crippen LogP contribution is 2.38. The summed E-state index contributed by atoms with van der Waals surface area (Å²) in [6.45, 7) is 0. The molecular weight excluding hydrogens is 544 g/mol. The number of hydrogen-bond donors (Lipinski definition) is 4. The Morgan fingerprint density at radius 3 is 1.55 bits per heavy atom. The zero-order chi connectivity index (χ0) is 31.1. The van der Waals surface area contributed by atoms with E-state index in [1.54, 1.807) is 54.6 Å². The molecular formula is C38H32N4O2. The van der Waals surface area contributed by atoms with Crippen LogP contribution >= 0.6 is 0 Å². The van der Waals surface area contributed by atoms with Crippen LogP contribution < -0.4 is 22.9 Å². The van der Waals surface area contributed by atoms with Gasteiger partial charge < -0.3 is 22.9 Å². The van der Waals surface area contributed by atoms with E-state index < -0.39 is 0 Å². The molecule has 0 amide bonds. The number of nitrogens with two attached hydrogens (primary N) is 4. The largest absolute Gasteiger partial charge is 0.399 e. The van der Waals surface area contributed by atoms with Gasteiger partial charge in [0.15, 0.2) is 11.6 Å². The summed E-state index contributed by atoms with van der Waals surface area (Å²) >= 11 is 0. The van der Waals surface area contributed by atoms with Gasteiger partial charge >= 0.3 is 0 Å². The van der Waals surface area contributed by atoms with Crippen LogP contribution in [-0.4, -0.2) is 11.6 Å². The number of para-hydroxylation sites is 1. The molecule has 6 rings (SSSR count). The van der Waals surface area contributed by atoms with E-state index in [1.165, 1.54) is 0 Å². The summed E-state index contributed by atoms with van der Waals surface area (Å²) in [5.74, 6) is -0.185. The summed E-state index contributed by atoms with van der Waals surface area (Å²) in [6, 6.07) is 44.6. The monoisotopic (exact) mass is 576 g/mol. The third-order valence-electron chi connectivity index (χ3n) is 7.23. The molecule has 216 valence electrons. The minimum absolute atomic E-state index is 0.0786. The number of benzene rings is 6. The normalized spacial score (nSPS) is 10.4. The van der Waals surface area contributed by atoms with Gasteiger partial charge in [0.1, 0.15) is 0 Å². The molecule has 6 heteroatoms. The molecule has 0 aliphatic rings. The zero-order valence-electron chi connectivity index (χ0n) is 24.0.